The fourth-order valence-electron chi connectivity index (χ4n) is 2.19. The van der Waals surface area contributed by atoms with Crippen LogP contribution in [0.25, 0.3) is 0 Å². The number of carboxylic acid groups (broad SMARTS) is 1. The first kappa shape index (κ1) is 15.9. The number of benzene rings is 1. The summed E-state index contributed by atoms with van der Waals surface area (Å²) >= 11 is 11.7. The van der Waals surface area contributed by atoms with Gasteiger partial charge in [-0.05, 0) is 25.0 Å². The van der Waals surface area contributed by atoms with E-state index in [9.17, 15) is 14.7 Å². The van der Waals surface area contributed by atoms with Gasteiger partial charge in [0.25, 0.3) is 0 Å². The molecule has 1 heterocycles. The Hall–Kier alpha value is -1.50. The molecule has 8 heteroatoms. The van der Waals surface area contributed by atoms with Crippen molar-refractivity contribution in [2.75, 3.05) is 18.4 Å². The Morgan fingerprint density at radius 1 is 1.33 bits per heavy atom. The average Bonchev–Trinajstić information content (AvgIpc) is 2.41. The van der Waals surface area contributed by atoms with E-state index in [1.807, 2.05) is 0 Å². The van der Waals surface area contributed by atoms with E-state index in [1.165, 1.54) is 17.0 Å². The van der Waals surface area contributed by atoms with Crippen LogP contribution in [0.5, 0.6) is 0 Å². The third-order valence-electron chi connectivity index (χ3n) is 3.20. The average molecular weight is 333 g/mol. The van der Waals surface area contributed by atoms with Crippen LogP contribution in [-0.4, -0.2) is 46.3 Å². The van der Waals surface area contributed by atoms with Gasteiger partial charge in [-0.15, -0.1) is 0 Å². The Balaban J connectivity index is 2.22. The highest BCUT2D eigenvalue weighted by atomic mass is 35.5. The van der Waals surface area contributed by atoms with Crippen molar-refractivity contribution < 1.29 is 19.8 Å². The summed E-state index contributed by atoms with van der Waals surface area (Å²) in [5.74, 6) is -1.24. The van der Waals surface area contributed by atoms with E-state index in [2.05, 4.69) is 5.32 Å². The normalized spacial score (nSPS) is 18.4. The van der Waals surface area contributed by atoms with Crippen LogP contribution in [0.4, 0.5) is 10.5 Å². The van der Waals surface area contributed by atoms with Crippen molar-refractivity contribution in [1.82, 2.24) is 4.90 Å². The van der Waals surface area contributed by atoms with Gasteiger partial charge in [-0.1, -0.05) is 23.2 Å². The third-order valence-corrected chi connectivity index (χ3v) is 3.72. The Bertz CT molecular complexity index is 580. The Labute approximate surface area is 131 Å². The Kier molecular flexibility index (Phi) is 4.92. The number of amides is 2. The lowest BCUT2D eigenvalue weighted by Crippen LogP contribution is -2.44. The second-order valence-electron chi connectivity index (χ2n) is 4.79. The maximum atomic E-state index is 12.1. The molecule has 0 aromatic heterocycles. The van der Waals surface area contributed by atoms with Crippen molar-refractivity contribution >= 4 is 40.9 Å². The molecule has 1 atom stereocenters. The first-order valence-corrected chi connectivity index (χ1v) is 7.10. The van der Waals surface area contributed by atoms with Gasteiger partial charge in [0.2, 0.25) is 0 Å². The topological polar surface area (TPSA) is 89.9 Å². The van der Waals surface area contributed by atoms with Gasteiger partial charge in [0.15, 0.2) is 0 Å². The molecule has 0 bridgehead atoms. The van der Waals surface area contributed by atoms with E-state index in [4.69, 9.17) is 28.3 Å². The molecule has 1 fully saturated rings. The number of β-amino-alcohol motifs (C(OH)–C–C–N with tert-alkyl or cyclic N) is 1. The van der Waals surface area contributed by atoms with Gasteiger partial charge in [0, 0.05) is 18.1 Å². The minimum Gasteiger partial charge on any atom is -0.478 e. The molecule has 1 unspecified atom stereocenters. The summed E-state index contributed by atoms with van der Waals surface area (Å²) in [7, 11) is 0. The number of urea groups is 1. The molecule has 1 aromatic rings. The molecular formula is C13H14Cl2N2O4. The van der Waals surface area contributed by atoms with Crippen LogP contribution in [-0.2, 0) is 0 Å². The molecule has 6 nitrogen and oxygen atoms in total. The fraction of sp³-hybridized carbons (Fsp3) is 0.385. The van der Waals surface area contributed by atoms with Crippen molar-refractivity contribution in [2.45, 2.75) is 18.9 Å². The highest BCUT2D eigenvalue weighted by Gasteiger charge is 2.24. The van der Waals surface area contributed by atoms with E-state index in [1.54, 1.807) is 0 Å². The lowest BCUT2D eigenvalue weighted by Gasteiger charge is -2.30. The number of halogens is 2. The number of likely N-dealkylation sites (tertiary alicyclic amines) is 1. The van der Waals surface area contributed by atoms with Gasteiger partial charge >= 0.3 is 12.0 Å². The molecule has 1 aliphatic heterocycles. The highest BCUT2D eigenvalue weighted by molar-refractivity contribution is 6.37. The number of rotatable bonds is 2. The molecule has 2 rings (SSSR count). The summed E-state index contributed by atoms with van der Waals surface area (Å²) in [5, 5.41) is 21.4. The lowest BCUT2D eigenvalue weighted by molar-refractivity contribution is 0.0697. The maximum Gasteiger partial charge on any atom is 0.337 e. The second-order valence-corrected chi connectivity index (χ2v) is 5.63. The molecule has 0 radical (unpaired) electrons. The zero-order valence-electron chi connectivity index (χ0n) is 11.0. The predicted molar refractivity (Wildman–Crippen MR) is 79.3 cm³/mol. The van der Waals surface area contributed by atoms with Gasteiger partial charge in [0.05, 0.1) is 22.4 Å². The van der Waals surface area contributed by atoms with Crippen LogP contribution in [0.2, 0.25) is 10.0 Å². The number of nitrogens with one attached hydrogen (secondary N) is 1. The first-order valence-electron chi connectivity index (χ1n) is 6.35. The zero-order chi connectivity index (χ0) is 15.6. The van der Waals surface area contributed by atoms with Crippen molar-refractivity contribution in [2.24, 2.45) is 0 Å². The van der Waals surface area contributed by atoms with Gasteiger partial charge in [-0.2, -0.15) is 0 Å². The zero-order valence-corrected chi connectivity index (χ0v) is 12.5. The predicted octanol–water partition coefficient (Wildman–Crippen LogP) is 2.68. The SMILES string of the molecule is O=C(O)c1cc(Cl)cc(Cl)c1NC(=O)N1CCCC(O)C1. The molecule has 1 saturated heterocycles. The van der Waals surface area contributed by atoms with Crippen LogP contribution in [0.1, 0.15) is 23.2 Å². The van der Waals surface area contributed by atoms with Crippen LogP contribution in [0, 0.1) is 0 Å². The smallest absolute Gasteiger partial charge is 0.337 e. The molecule has 2 amide bonds. The number of carboxylic acids is 1. The molecule has 1 aliphatic rings. The molecule has 0 spiro atoms. The number of hydrogen-bond donors (Lipinski definition) is 3. The number of aliphatic hydroxyl groups is 1. The van der Waals surface area contributed by atoms with Gasteiger partial charge in [-0.3, -0.25) is 0 Å². The van der Waals surface area contributed by atoms with E-state index in [0.29, 0.717) is 19.4 Å². The molecule has 21 heavy (non-hydrogen) atoms. The van der Waals surface area contributed by atoms with Crippen LogP contribution in [0.15, 0.2) is 12.1 Å². The fourth-order valence-corrected chi connectivity index (χ4v) is 2.74. The number of piperidine rings is 1. The molecule has 3 N–H and O–H groups in total. The first-order chi connectivity index (χ1) is 9.88. The molecule has 1 aromatic carbocycles. The number of anilines is 1. The second kappa shape index (κ2) is 6.51. The van der Waals surface area contributed by atoms with Gasteiger partial charge < -0.3 is 20.4 Å². The van der Waals surface area contributed by atoms with Crippen molar-refractivity contribution in [3.8, 4) is 0 Å². The number of aliphatic hydroxyl groups excluding tert-OH is 1. The van der Waals surface area contributed by atoms with Crippen molar-refractivity contribution in [3.05, 3.63) is 27.7 Å². The number of nitrogens with zero attached hydrogens (tertiary/aromatic N) is 1. The van der Waals surface area contributed by atoms with Gasteiger partial charge in [-0.25, -0.2) is 9.59 Å². The van der Waals surface area contributed by atoms with Crippen LogP contribution in [0.3, 0.4) is 0 Å². The molecular weight excluding hydrogens is 319 g/mol. The quantitative estimate of drug-likeness (QED) is 0.776. The van der Waals surface area contributed by atoms with Crippen molar-refractivity contribution in [1.29, 1.82) is 0 Å². The minimum absolute atomic E-state index is 0.00127. The summed E-state index contributed by atoms with van der Waals surface area (Å²) in [6.45, 7) is 0.704. The monoisotopic (exact) mass is 332 g/mol. The molecule has 0 aliphatic carbocycles. The maximum absolute atomic E-state index is 12.1. The van der Waals surface area contributed by atoms with Gasteiger partial charge in [0.1, 0.15) is 0 Å². The van der Waals surface area contributed by atoms with E-state index in [-0.39, 0.29) is 27.8 Å². The summed E-state index contributed by atoms with van der Waals surface area (Å²) in [6.07, 6.45) is 0.768. The third kappa shape index (κ3) is 3.78. The number of carbonyl (C=O) groups is 2. The van der Waals surface area contributed by atoms with Crippen molar-refractivity contribution in [3.63, 3.8) is 0 Å². The summed E-state index contributed by atoms with van der Waals surface area (Å²) < 4.78 is 0. The summed E-state index contributed by atoms with van der Waals surface area (Å²) in [6, 6.07) is 2.08. The summed E-state index contributed by atoms with van der Waals surface area (Å²) in [5.41, 5.74) is -0.183. The number of carbonyl (C=O) groups excluding carboxylic acids is 1. The molecule has 0 saturated carbocycles. The van der Waals surface area contributed by atoms with Crippen LogP contribution >= 0.6 is 23.2 Å². The molecule has 114 valence electrons. The van der Waals surface area contributed by atoms with Crippen LogP contribution < -0.4 is 5.32 Å². The number of aromatic carboxylic acids is 1. The van der Waals surface area contributed by atoms with E-state index in [0.717, 1.165) is 0 Å². The largest absolute Gasteiger partial charge is 0.478 e. The van der Waals surface area contributed by atoms with E-state index >= 15 is 0 Å². The number of hydrogen-bond acceptors (Lipinski definition) is 3. The minimum atomic E-state index is -1.24. The Morgan fingerprint density at radius 3 is 2.67 bits per heavy atom. The lowest BCUT2D eigenvalue weighted by atomic mass is 10.1. The Morgan fingerprint density at radius 2 is 2.05 bits per heavy atom. The highest BCUT2D eigenvalue weighted by Crippen LogP contribution is 2.30. The summed E-state index contributed by atoms with van der Waals surface area (Å²) in [4.78, 5) is 24.8. The standard InChI is InChI=1S/C13H14Cl2N2O4/c14-7-4-9(12(19)20)11(10(15)5-7)16-13(21)17-3-1-2-8(18)6-17/h4-5,8,18H,1-3,6H2,(H,16,21)(H,19,20). The van der Waals surface area contributed by atoms with E-state index < -0.39 is 18.1 Å².